The van der Waals surface area contributed by atoms with Crippen LogP contribution in [-0.2, 0) is 9.53 Å². The number of furan rings is 1. The summed E-state index contributed by atoms with van der Waals surface area (Å²) in [6.45, 7) is 10.3. The molecule has 94 valence electrons. The van der Waals surface area contributed by atoms with Crippen LogP contribution in [0.5, 0.6) is 0 Å². The molecule has 1 aliphatic rings. The highest BCUT2D eigenvalue weighted by Gasteiger charge is 2.69. The van der Waals surface area contributed by atoms with Crippen molar-refractivity contribution in [2.24, 2.45) is 16.7 Å². The molecule has 0 radical (unpaired) electrons. The Morgan fingerprint density at radius 3 is 2.35 bits per heavy atom. The van der Waals surface area contributed by atoms with E-state index in [1.165, 1.54) is 0 Å². The Labute approximate surface area is 102 Å². The van der Waals surface area contributed by atoms with Crippen LogP contribution < -0.4 is 0 Å². The van der Waals surface area contributed by atoms with Gasteiger partial charge in [-0.05, 0) is 23.8 Å². The minimum atomic E-state index is -0.242. The molecule has 0 aliphatic heterocycles. The van der Waals surface area contributed by atoms with E-state index < -0.39 is 0 Å². The number of esters is 1. The topological polar surface area (TPSA) is 39.4 Å². The molecule has 0 spiro atoms. The number of ether oxygens (including phenoxy) is 1. The lowest BCUT2D eigenvalue weighted by molar-refractivity contribution is -0.151. The standard InChI is InChI=1S/C14H20O3/c1-9(10-6-7-16-8-10)17-12(15)11-13(2,3)14(11,4)5/h6-9,11H,1-5H3. The van der Waals surface area contributed by atoms with E-state index in [1.807, 2.05) is 13.0 Å². The van der Waals surface area contributed by atoms with Gasteiger partial charge in [0.05, 0.1) is 18.4 Å². The lowest BCUT2D eigenvalue weighted by Gasteiger charge is -2.12. The maximum atomic E-state index is 12.1. The molecule has 1 fully saturated rings. The van der Waals surface area contributed by atoms with Crippen LogP contribution in [0.4, 0.5) is 0 Å². The fraction of sp³-hybridized carbons (Fsp3) is 0.643. The number of hydrogen-bond acceptors (Lipinski definition) is 3. The molecule has 2 rings (SSSR count). The van der Waals surface area contributed by atoms with E-state index in [1.54, 1.807) is 12.5 Å². The molecular formula is C14H20O3. The molecule has 0 aromatic carbocycles. The minimum absolute atomic E-state index is 0.00986. The van der Waals surface area contributed by atoms with Crippen molar-refractivity contribution in [3.63, 3.8) is 0 Å². The molecule has 3 nitrogen and oxygen atoms in total. The zero-order valence-electron chi connectivity index (χ0n) is 11.1. The van der Waals surface area contributed by atoms with E-state index in [-0.39, 0.29) is 28.8 Å². The Kier molecular flexibility index (Phi) is 2.60. The molecule has 0 bridgehead atoms. The van der Waals surface area contributed by atoms with Gasteiger partial charge in [-0.1, -0.05) is 27.7 Å². The van der Waals surface area contributed by atoms with Crippen LogP contribution in [-0.4, -0.2) is 5.97 Å². The van der Waals surface area contributed by atoms with Crippen molar-refractivity contribution >= 4 is 5.97 Å². The van der Waals surface area contributed by atoms with Crippen molar-refractivity contribution in [3.05, 3.63) is 24.2 Å². The van der Waals surface area contributed by atoms with Crippen molar-refractivity contribution in [1.29, 1.82) is 0 Å². The van der Waals surface area contributed by atoms with E-state index in [0.717, 1.165) is 5.56 Å². The summed E-state index contributed by atoms with van der Waals surface area (Å²) in [5.74, 6) is -0.113. The summed E-state index contributed by atoms with van der Waals surface area (Å²) < 4.78 is 10.5. The van der Waals surface area contributed by atoms with Crippen molar-refractivity contribution < 1.29 is 13.9 Å². The molecule has 1 heterocycles. The predicted molar refractivity (Wildman–Crippen MR) is 64.3 cm³/mol. The molecule has 1 atom stereocenters. The van der Waals surface area contributed by atoms with E-state index in [9.17, 15) is 4.79 Å². The average molecular weight is 236 g/mol. The Morgan fingerprint density at radius 2 is 1.94 bits per heavy atom. The number of carbonyl (C=O) groups excluding carboxylic acids is 1. The van der Waals surface area contributed by atoms with Crippen molar-refractivity contribution in [2.45, 2.75) is 40.7 Å². The number of rotatable bonds is 3. The highest BCUT2D eigenvalue weighted by molar-refractivity contribution is 5.79. The molecule has 17 heavy (non-hydrogen) atoms. The predicted octanol–water partition coefficient (Wildman–Crippen LogP) is 3.57. The summed E-state index contributed by atoms with van der Waals surface area (Å²) in [5, 5.41) is 0. The summed E-state index contributed by atoms with van der Waals surface area (Å²) >= 11 is 0. The summed E-state index contributed by atoms with van der Waals surface area (Å²) in [6, 6.07) is 1.82. The van der Waals surface area contributed by atoms with E-state index in [2.05, 4.69) is 27.7 Å². The van der Waals surface area contributed by atoms with Gasteiger partial charge in [0, 0.05) is 5.56 Å². The summed E-state index contributed by atoms with van der Waals surface area (Å²) in [7, 11) is 0. The molecule has 1 aromatic heterocycles. The van der Waals surface area contributed by atoms with Gasteiger partial charge in [-0.2, -0.15) is 0 Å². The molecule has 1 saturated carbocycles. The van der Waals surface area contributed by atoms with Gasteiger partial charge < -0.3 is 9.15 Å². The second kappa shape index (κ2) is 3.62. The van der Waals surface area contributed by atoms with Gasteiger partial charge in [-0.15, -0.1) is 0 Å². The first-order chi connectivity index (χ1) is 7.78. The van der Waals surface area contributed by atoms with Crippen molar-refractivity contribution in [2.75, 3.05) is 0 Å². The van der Waals surface area contributed by atoms with Crippen LogP contribution in [0.15, 0.2) is 23.0 Å². The lowest BCUT2D eigenvalue weighted by Crippen LogP contribution is -2.14. The second-order valence-electron chi connectivity index (χ2n) is 6.01. The van der Waals surface area contributed by atoms with E-state index in [0.29, 0.717) is 0 Å². The van der Waals surface area contributed by atoms with Gasteiger partial charge in [0.1, 0.15) is 6.10 Å². The van der Waals surface area contributed by atoms with Crippen LogP contribution in [0.2, 0.25) is 0 Å². The Hall–Kier alpha value is -1.25. The molecular weight excluding hydrogens is 216 g/mol. The summed E-state index contributed by atoms with van der Waals surface area (Å²) in [6.07, 6.45) is 2.96. The van der Waals surface area contributed by atoms with Gasteiger partial charge in [-0.25, -0.2) is 0 Å². The Balaban J connectivity index is 2.00. The van der Waals surface area contributed by atoms with Gasteiger partial charge in [-0.3, -0.25) is 4.79 Å². The molecule has 1 unspecified atom stereocenters. The zero-order chi connectivity index (χ0) is 12.8. The van der Waals surface area contributed by atoms with Crippen LogP contribution >= 0.6 is 0 Å². The highest BCUT2D eigenvalue weighted by atomic mass is 16.5. The largest absolute Gasteiger partial charge is 0.472 e. The number of hydrogen-bond donors (Lipinski definition) is 0. The van der Waals surface area contributed by atoms with Crippen LogP contribution in [0.3, 0.4) is 0 Å². The highest BCUT2D eigenvalue weighted by Crippen LogP contribution is 2.68. The minimum Gasteiger partial charge on any atom is -0.472 e. The van der Waals surface area contributed by atoms with Crippen LogP contribution in [0.25, 0.3) is 0 Å². The maximum Gasteiger partial charge on any atom is 0.310 e. The first-order valence-corrected chi connectivity index (χ1v) is 6.01. The zero-order valence-corrected chi connectivity index (χ0v) is 11.1. The fourth-order valence-corrected chi connectivity index (χ4v) is 2.60. The summed E-state index contributed by atoms with van der Waals surface area (Å²) in [4.78, 5) is 12.1. The van der Waals surface area contributed by atoms with E-state index >= 15 is 0 Å². The molecule has 1 aromatic rings. The molecule has 1 aliphatic carbocycles. The molecule has 3 heteroatoms. The van der Waals surface area contributed by atoms with Crippen LogP contribution in [0, 0.1) is 16.7 Å². The maximum absolute atomic E-state index is 12.1. The monoisotopic (exact) mass is 236 g/mol. The molecule has 0 amide bonds. The van der Waals surface area contributed by atoms with E-state index in [4.69, 9.17) is 9.15 Å². The first-order valence-electron chi connectivity index (χ1n) is 6.01. The Morgan fingerprint density at radius 1 is 1.35 bits per heavy atom. The summed E-state index contributed by atoms with van der Waals surface area (Å²) in [5.41, 5.74) is 0.954. The first kappa shape index (κ1) is 12.2. The van der Waals surface area contributed by atoms with Crippen molar-refractivity contribution in [1.82, 2.24) is 0 Å². The van der Waals surface area contributed by atoms with Gasteiger partial charge in [0.25, 0.3) is 0 Å². The van der Waals surface area contributed by atoms with Gasteiger partial charge in [0.15, 0.2) is 0 Å². The third-order valence-electron chi connectivity index (χ3n) is 4.56. The van der Waals surface area contributed by atoms with Crippen LogP contribution in [0.1, 0.15) is 46.3 Å². The SMILES string of the molecule is CC(OC(=O)C1C(C)(C)C1(C)C)c1ccoc1. The Bertz CT molecular complexity index is 401. The average Bonchev–Trinajstić information content (AvgIpc) is 2.60. The fourth-order valence-electron chi connectivity index (χ4n) is 2.60. The normalized spacial score (nSPS) is 23.1. The van der Waals surface area contributed by atoms with Crippen molar-refractivity contribution in [3.8, 4) is 0 Å². The smallest absolute Gasteiger partial charge is 0.310 e. The second-order valence-corrected chi connectivity index (χ2v) is 6.01. The number of carbonyl (C=O) groups is 1. The van der Waals surface area contributed by atoms with Gasteiger partial charge >= 0.3 is 5.97 Å². The third kappa shape index (κ3) is 1.78. The quantitative estimate of drug-likeness (QED) is 0.753. The molecule has 0 saturated heterocycles. The molecule has 0 N–H and O–H groups in total. The van der Waals surface area contributed by atoms with Gasteiger partial charge in [0.2, 0.25) is 0 Å². The third-order valence-corrected chi connectivity index (χ3v) is 4.56. The lowest BCUT2D eigenvalue weighted by atomic mass is 10.0.